The molecule has 2 heterocycles. The summed E-state index contributed by atoms with van der Waals surface area (Å²) in [5.74, 6) is -0.0474. The quantitative estimate of drug-likeness (QED) is 0.238. The van der Waals surface area contributed by atoms with Gasteiger partial charge in [-0.15, -0.1) is 0 Å². The van der Waals surface area contributed by atoms with E-state index in [0.29, 0.717) is 28.1 Å². The van der Waals surface area contributed by atoms with Crippen molar-refractivity contribution in [3.8, 4) is 0 Å². The molecule has 218 valence electrons. The zero-order chi connectivity index (χ0) is 28.5. The summed E-state index contributed by atoms with van der Waals surface area (Å²) >= 11 is 7.27. The minimum absolute atomic E-state index is 0.266. The van der Waals surface area contributed by atoms with Crippen LogP contribution in [0.15, 0.2) is 41.1 Å². The summed E-state index contributed by atoms with van der Waals surface area (Å²) in [5, 5.41) is 10.2. The van der Waals surface area contributed by atoms with Gasteiger partial charge in [0.15, 0.2) is 0 Å². The fourth-order valence-electron chi connectivity index (χ4n) is 5.73. The van der Waals surface area contributed by atoms with E-state index in [2.05, 4.69) is 45.9 Å². The Balaban J connectivity index is 1.36. The van der Waals surface area contributed by atoms with Gasteiger partial charge in [-0.3, -0.25) is 9.69 Å². The number of piperidine rings is 1. The molecular formula is C32H45N3O3S2. The molecule has 4 rings (SSSR count). The number of thiophene rings is 1. The van der Waals surface area contributed by atoms with Crippen LogP contribution in [-0.2, 0) is 11.3 Å². The topological polar surface area (TPSA) is 70.7 Å². The summed E-state index contributed by atoms with van der Waals surface area (Å²) in [6.45, 7) is 8.49. The van der Waals surface area contributed by atoms with Crippen LogP contribution in [0.5, 0.6) is 0 Å². The Hall–Kier alpha value is -2.29. The highest BCUT2D eigenvalue weighted by Gasteiger charge is 2.28. The fourth-order valence-corrected chi connectivity index (χ4v) is 6.87. The molecule has 40 heavy (non-hydrogen) atoms. The van der Waals surface area contributed by atoms with Crippen LogP contribution >= 0.6 is 23.6 Å². The Morgan fingerprint density at radius 1 is 1.02 bits per heavy atom. The Morgan fingerprint density at radius 2 is 1.70 bits per heavy atom. The third-order valence-electron chi connectivity index (χ3n) is 7.92. The average Bonchev–Trinajstić information content (AvgIpc) is 3.43. The number of benzene rings is 1. The molecular weight excluding hydrogens is 539 g/mol. The highest BCUT2D eigenvalue weighted by molar-refractivity contribution is 7.80. The lowest BCUT2D eigenvalue weighted by Gasteiger charge is -2.34. The van der Waals surface area contributed by atoms with Crippen LogP contribution in [0.4, 0.5) is 0 Å². The first kappa shape index (κ1) is 30.7. The van der Waals surface area contributed by atoms with Gasteiger partial charge in [0.25, 0.3) is 5.91 Å². The first-order valence-corrected chi connectivity index (χ1v) is 16.2. The lowest BCUT2D eigenvalue weighted by atomic mass is 9.85. The molecule has 1 amide bonds. The van der Waals surface area contributed by atoms with E-state index in [1.165, 1.54) is 49.0 Å². The third-order valence-corrected chi connectivity index (χ3v) is 9.06. The molecule has 0 bridgehead atoms. The van der Waals surface area contributed by atoms with Crippen molar-refractivity contribution in [1.29, 1.82) is 0 Å². The Labute approximate surface area is 249 Å². The van der Waals surface area contributed by atoms with Gasteiger partial charge in [0.1, 0.15) is 5.60 Å². The number of carbonyl (C=O) groups is 2. The van der Waals surface area contributed by atoms with Crippen LogP contribution in [0.1, 0.15) is 105 Å². The largest absolute Gasteiger partial charge is 0.456 e. The first-order chi connectivity index (χ1) is 19.2. The van der Waals surface area contributed by atoms with Crippen LogP contribution in [0.25, 0.3) is 0 Å². The highest BCUT2D eigenvalue weighted by atomic mass is 32.1. The minimum atomic E-state index is -0.628. The van der Waals surface area contributed by atoms with Gasteiger partial charge < -0.3 is 15.4 Å². The number of thiocarbonyl (C=S) groups is 1. The summed E-state index contributed by atoms with van der Waals surface area (Å²) in [6, 6.07) is 10.6. The molecule has 2 aromatic rings. The van der Waals surface area contributed by atoms with Crippen molar-refractivity contribution in [3.05, 3.63) is 57.8 Å². The van der Waals surface area contributed by atoms with E-state index in [4.69, 9.17) is 17.0 Å². The van der Waals surface area contributed by atoms with Crippen LogP contribution in [0.3, 0.4) is 0 Å². The van der Waals surface area contributed by atoms with Crippen LogP contribution in [-0.4, -0.2) is 52.5 Å². The molecule has 1 atom stereocenters. The summed E-state index contributed by atoms with van der Waals surface area (Å²) in [7, 11) is 0. The molecule has 1 aromatic carbocycles. The van der Waals surface area contributed by atoms with Crippen LogP contribution in [0, 0.1) is 5.92 Å². The van der Waals surface area contributed by atoms with Gasteiger partial charge in [0.2, 0.25) is 0 Å². The van der Waals surface area contributed by atoms with Gasteiger partial charge in [0, 0.05) is 36.4 Å². The number of amides is 1. The number of hydrogen-bond acceptors (Lipinski definition) is 6. The zero-order valence-electron chi connectivity index (χ0n) is 24.2. The molecule has 0 unspecified atom stereocenters. The molecule has 2 aliphatic rings. The number of rotatable bonds is 10. The predicted octanol–water partition coefficient (Wildman–Crippen LogP) is 6.74. The second-order valence-corrected chi connectivity index (χ2v) is 13.5. The summed E-state index contributed by atoms with van der Waals surface area (Å²) in [4.78, 5) is 29.4. The molecule has 8 heteroatoms. The maximum absolute atomic E-state index is 13.5. The number of nitrogens with zero attached hydrogens (tertiary/aromatic N) is 1. The van der Waals surface area contributed by atoms with Gasteiger partial charge in [-0.25, -0.2) is 4.79 Å². The van der Waals surface area contributed by atoms with Crippen LogP contribution in [0.2, 0.25) is 0 Å². The second kappa shape index (κ2) is 14.6. The van der Waals surface area contributed by atoms with E-state index in [-0.39, 0.29) is 11.9 Å². The monoisotopic (exact) mass is 583 g/mol. The highest BCUT2D eigenvalue weighted by Crippen LogP contribution is 2.28. The van der Waals surface area contributed by atoms with Crippen molar-refractivity contribution in [2.45, 2.75) is 103 Å². The molecule has 1 aromatic heterocycles. The van der Waals surface area contributed by atoms with Gasteiger partial charge in [-0.1, -0.05) is 74.7 Å². The smallest absolute Gasteiger partial charge is 0.340 e. The van der Waals surface area contributed by atoms with Gasteiger partial charge in [-0.05, 0) is 57.9 Å². The number of carbonyl (C=O) groups excluding carboxylic acids is 2. The van der Waals surface area contributed by atoms with Crippen LogP contribution < -0.4 is 10.6 Å². The minimum Gasteiger partial charge on any atom is -0.456 e. The number of likely N-dealkylation sites (tertiary alicyclic amines) is 1. The normalized spacial score (nSPS) is 18.2. The lowest BCUT2D eigenvalue weighted by molar-refractivity contribution is 0.00682. The summed E-state index contributed by atoms with van der Waals surface area (Å²) < 4.78 is 5.54. The maximum atomic E-state index is 13.5. The Morgan fingerprint density at radius 3 is 2.38 bits per heavy atom. The van der Waals surface area contributed by atoms with Crippen molar-refractivity contribution < 1.29 is 14.3 Å². The fraction of sp³-hybridized carbons (Fsp3) is 0.594. The molecule has 6 nitrogen and oxygen atoms in total. The van der Waals surface area contributed by atoms with Crippen molar-refractivity contribution in [1.82, 2.24) is 15.5 Å². The SMILES string of the molecule is CC(C)(C)OC(=O)c1cscc1C(=O)N[C@H](CCC1CCCCC1)C(=S)NC1CCN(Cc2ccccc2)CC1. The summed E-state index contributed by atoms with van der Waals surface area (Å²) in [6.07, 6.45) is 10.3. The van der Waals surface area contributed by atoms with Crippen molar-refractivity contribution >= 4 is 40.4 Å². The third kappa shape index (κ3) is 9.38. The van der Waals surface area contributed by atoms with E-state index in [0.717, 1.165) is 45.3 Å². The molecule has 0 radical (unpaired) electrons. The van der Waals surface area contributed by atoms with Gasteiger partial charge >= 0.3 is 5.97 Å². The van der Waals surface area contributed by atoms with Gasteiger partial charge in [-0.2, -0.15) is 11.3 Å². The lowest BCUT2D eigenvalue weighted by Crippen LogP contribution is -2.51. The van der Waals surface area contributed by atoms with E-state index in [9.17, 15) is 9.59 Å². The Kier molecular flexibility index (Phi) is 11.2. The zero-order valence-corrected chi connectivity index (χ0v) is 25.9. The van der Waals surface area contributed by atoms with E-state index < -0.39 is 11.6 Å². The van der Waals surface area contributed by atoms with E-state index in [1.807, 2.05) is 20.8 Å². The van der Waals surface area contributed by atoms with Crippen molar-refractivity contribution in [3.63, 3.8) is 0 Å². The van der Waals surface area contributed by atoms with E-state index >= 15 is 0 Å². The standard InChI is InChI=1S/C32H45N3O3S2/c1-32(2,3)38-31(37)27-22-40-21-26(27)29(36)34-28(15-14-23-10-6-4-7-11-23)30(39)33-25-16-18-35(19-17-25)20-24-12-8-5-9-13-24/h5,8-9,12-13,21-23,25,28H,4,6-7,10-11,14-20H2,1-3H3,(H,33,39)(H,34,36)/t28-/m1/s1. The molecule has 1 aliphatic carbocycles. The number of hydrogen-bond donors (Lipinski definition) is 2. The number of ether oxygens (including phenoxy) is 1. The molecule has 0 spiro atoms. The van der Waals surface area contributed by atoms with Gasteiger partial charge in [0.05, 0.1) is 22.2 Å². The first-order valence-electron chi connectivity index (χ1n) is 14.8. The number of esters is 1. The second-order valence-electron chi connectivity index (χ2n) is 12.4. The van der Waals surface area contributed by atoms with E-state index in [1.54, 1.807) is 10.8 Å². The Bertz CT molecular complexity index is 1110. The summed E-state index contributed by atoms with van der Waals surface area (Å²) in [5.41, 5.74) is 1.39. The average molecular weight is 584 g/mol. The molecule has 2 N–H and O–H groups in total. The molecule has 2 fully saturated rings. The number of nitrogens with one attached hydrogen (secondary N) is 2. The maximum Gasteiger partial charge on any atom is 0.340 e. The molecule has 1 aliphatic heterocycles. The predicted molar refractivity (Wildman–Crippen MR) is 167 cm³/mol. The van der Waals surface area contributed by atoms with Crippen molar-refractivity contribution in [2.24, 2.45) is 5.92 Å². The van der Waals surface area contributed by atoms with Crippen molar-refractivity contribution in [2.75, 3.05) is 13.1 Å². The molecule has 1 saturated carbocycles. The molecule has 1 saturated heterocycles.